The Morgan fingerprint density at radius 3 is 2.60 bits per heavy atom. The Kier molecular flexibility index (Phi) is 3.93. The Morgan fingerprint density at radius 2 is 1.90 bits per heavy atom. The minimum atomic E-state index is -0.200. The van der Waals surface area contributed by atoms with Gasteiger partial charge in [-0.2, -0.15) is 0 Å². The standard InChI is InChI=1S/C15H11Cl2IN2/c1-9(16)15-19-12-7-4-5-10(17)14(12)20(15)13-8-3-2-6-11(13)18/h2-9H,1H3. The molecule has 2 aromatic carbocycles. The van der Waals surface area contributed by atoms with Crippen LogP contribution in [0.2, 0.25) is 5.02 Å². The van der Waals surface area contributed by atoms with Crippen LogP contribution in [0, 0.1) is 3.57 Å². The SMILES string of the molecule is CC(Cl)c1nc2cccc(Cl)c2n1-c1ccccc1I. The lowest BCUT2D eigenvalue weighted by molar-refractivity contribution is 0.880. The number of rotatable bonds is 2. The Hall–Kier alpha value is -0.780. The van der Waals surface area contributed by atoms with Gasteiger partial charge in [0.1, 0.15) is 5.82 Å². The van der Waals surface area contributed by atoms with Crippen LogP contribution in [0.15, 0.2) is 42.5 Å². The number of hydrogen-bond donors (Lipinski definition) is 0. The van der Waals surface area contributed by atoms with Gasteiger partial charge in [-0.3, -0.25) is 4.57 Å². The minimum Gasteiger partial charge on any atom is -0.292 e. The number of alkyl halides is 1. The maximum absolute atomic E-state index is 6.38. The fourth-order valence-electron chi connectivity index (χ4n) is 2.25. The molecule has 1 heterocycles. The Morgan fingerprint density at radius 1 is 1.15 bits per heavy atom. The highest BCUT2D eigenvalue weighted by Crippen LogP contribution is 2.33. The van der Waals surface area contributed by atoms with Crippen molar-refractivity contribution < 1.29 is 0 Å². The Balaban J connectivity index is 2.44. The summed E-state index contributed by atoms with van der Waals surface area (Å²) in [5, 5.41) is 0.479. The quantitative estimate of drug-likeness (QED) is 0.393. The molecule has 3 rings (SSSR count). The molecule has 0 radical (unpaired) electrons. The molecule has 0 aliphatic carbocycles. The lowest BCUT2D eigenvalue weighted by Crippen LogP contribution is -2.03. The Labute approximate surface area is 140 Å². The first kappa shape index (κ1) is 14.2. The van der Waals surface area contributed by atoms with Gasteiger partial charge in [0.25, 0.3) is 0 Å². The van der Waals surface area contributed by atoms with Crippen molar-refractivity contribution >= 4 is 56.8 Å². The number of aromatic nitrogens is 2. The van der Waals surface area contributed by atoms with Crippen molar-refractivity contribution in [3.63, 3.8) is 0 Å². The van der Waals surface area contributed by atoms with E-state index >= 15 is 0 Å². The minimum absolute atomic E-state index is 0.200. The van der Waals surface area contributed by atoms with Crippen molar-refractivity contribution in [3.05, 3.63) is 56.9 Å². The van der Waals surface area contributed by atoms with Crippen LogP contribution in [0.25, 0.3) is 16.7 Å². The van der Waals surface area contributed by atoms with Crippen molar-refractivity contribution in [1.82, 2.24) is 9.55 Å². The van der Waals surface area contributed by atoms with E-state index in [0.717, 1.165) is 26.1 Å². The van der Waals surface area contributed by atoms with E-state index in [2.05, 4.69) is 44.3 Å². The first-order valence-electron chi connectivity index (χ1n) is 6.15. The van der Waals surface area contributed by atoms with Gasteiger partial charge in [0.2, 0.25) is 0 Å². The van der Waals surface area contributed by atoms with E-state index in [1.165, 1.54) is 0 Å². The molecule has 0 aliphatic rings. The Bertz CT molecular complexity index is 781. The van der Waals surface area contributed by atoms with Gasteiger partial charge in [-0.05, 0) is 53.8 Å². The van der Waals surface area contributed by atoms with Gasteiger partial charge in [0.15, 0.2) is 0 Å². The predicted octanol–water partition coefficient (Wildman–Crippen LogP) is 5.58. The maximum atomic E-state index is 6.38. The third kappa shape index (κ3) is 2.32. The van der Waals surface area contributed by atoms with Crippen LogP contribution in [-0.2, 0) is 0 Å². The van der Waals surface area contributed by atoms with Crippen LogP contribution >= 0.6 is 45.8 Å². The summed E-state index contributed by atoms with van der Waals surface area (Å²) >= 11 is 15.0. The van der Waals surface area contributed by atoms with E-state index in [0.29, 0.717) is 5.02 Å². The van der Waals surface area contributed by atoms with Crippen LogP contribution in [0.1, 0.15) is 18.1 Å². The summed E-state index contributed by atoms with van der Waals surface area (Å²) in [6.07, 6.45) is 0. The van der Waals surface area contributed by atoms with Gasteiger partial charge in [0, 0.05) is 3.57 Å². The summed E-state index contributed by atoms with van der Waals surface area (Å²) in [5.74, 6) is 0.805. The molecule has 0 N–H and O–H groups in total. The summed E-state index contributed by atoms with van der Waals surface area (Å²) < 4.78 is 3.18. The average Bonchev–Trinajstić information content (AvgIpc) is 2.80. The molecule has 1 aromatic heterocycles. The second kappa shape index (κ2) is 5.54. The van der Waals surface area contributed by atoms with Crippen molar-refractivity contribution in [1.29, 1.82) is 0 Å². The van der Waals surface area contributed by atoms with Crippen LogP contribution in [0.5, 0.6) is 0 Å². The normalized spacial score (nSPS) is 12.8. The molecule has 0 aliphatic heterocycles. The summed E-state index contributed by atoms with van der Waals surface area (Å²) in [7, 11) is 0. The van der Waals surface area contributed by atoms with Gasteiger partial charge in [0.05, 0.1) is 27.1 Å². The molecule has 0 bridgehead atoms. The van der Waals surface area contributed by atoms with E-state index in [1.54, 1.807) is 0 Å². The molecule has 0 amide bonds. The van der Waals surface area contributed by atoms with Gasteiger partial charge >= 0.3 is 0 Å². The largest absolute Gasteiger partial charge is 0.292 e. The molecule has 3 aromatic rings. The van der Waals surface area contributed by atoms with E-state index in [4.69, 9.17) is 23.2 Å². The van der Waals surface area contributed by atoms with Crippen molar-refractivity contribution in [2.45, 2.75) is 12.3 Å². The molecule has 0 fully saturated rings. The van der Waals surface area contributed by atoms with E-state index in [1.807, 2.05) is 37.3 Å². The molecule has 2 nitrogen and oxygen atoms in total. The summed E-state index contributed by atoms with van der Waals surface area (Å²) in [4.78, 5) is 4.63. The summed E-state index contributed by atoms with van der Waals surface area (Å²) in [6.45, 7) is 1.92. The highest BCUT2D eigenvalue weighted by atomic mass is 127. The number of fused-ring (bicyclic) bond motifs is 1. The van der Waals surface area contributed by atoms with Crippen LogP contribution in [-0.4, -0.2) is 9.55 Å². The third-order valence-corrected chi connectivity index (χ3v) is 4.51. The number of hydrogen-bond acceptors (Lipinski definition) is 1. The highest BCUT2D eigenvalue weighted by molar-refractivity contribution is 14.1. The number of imidazole rings is 1. The molecular weight excluding hydrogens is 406 g/mol. The molecular formula is C15H11Cl2IN2. The molecule has 5 heteroatoms. The fourth-order valence-corrected chi connectivity index (χ4v) is 3.28. The second-order valence-corrected chi connectivity index (χ2v) is 6.70. The van der Waals surface area contributed by atoms with Gasteiger partial charge in [-0.1, -0.05) is 29.8 Å². The number of halogens is 3. The van der Waals surface area contributed by atoms with Gasteiger partial charge in [-0.15, -0.1) is 11.6 Å². The van der Waals surface area contributed by atoms with Crippen molar-refractivity contribution in [3.8, 4) is 5.69 Å². The highest BCUT2D eigenvalue weighted by Gasteiger charge is 2.19. The zero-order valence-corrected chi connectivity index (χ0v) is 14.3. The molecule has 0 saturated heterocycles. The lowest BCUT2D eigenvalue weighted by Gasteiger charge is -2.12. The first-order valence-corrected chi connectivity index (χ1v) is 8.04. The predicted molar refractivity (Wildman–Crippen MR) is 93.1 cm³/mol. The lowest BCUT2D eigenvalue weighted by atomic mass is 10.2. The summed E-state index contributed by atoms with van der Waals surface area (Å²) in [6, 6.07) is 13.9. The smallest absolute Gasteiger partial charge is 0.132 e. The van der Waals surface area contributed by atoms with Crippen LogP contribution in [0.4, 0.5) is 0 Å². The average molecular weight is 417 g/mol. The van der Waals surface area contributed by atoms with E-state index < -0.39 is 0 Å². The third-order valence-electron chi connectivity index (χ3n) is 3.10. The summed E-state index contributed by atoms with van der Waals surface area (Å²) in [5.41, 5.74) is 2.81. The number of nitrogens with zero attached hydrogens (tertiary/aromatic N) is 2. The number of benzene rings is 2. The second-order valence-electron chi connectivity index (χ2n) is 4.48. The van der Waals surface area contributed by atoms with E-state index in [9.17, 15) is 0 Å². The van der Waals surface area contributed by atoms with Crippen LogP contribution in [0.3, 0.4) is 0 Å². The molecule has 0 spiro atoms. The first-order chi connectivity index (χ1) is 9.59. The van der Waals surface area contributed by atoms with Crippen molar-refractivity contribution in [2.75, 3.05) is 0 Å². The van der Waals surface area contributed by atoms with E-state index in [-0.39, 0.29) is 5.38 Å². The molecule has 1 unspecified atom stereocenters. The monoisotopic (exact) mass is 416 g/mol. The van der Waals surface area contributed by atoms with Gasteiger partial charge in [-0.25, -0.2) is 4.98 Å². The zero-order chi connectivity index (χ0) is 14.3. The molecule has 0 saturated carbocycles. The topological polar surface area (TPSA) is 17.8 Å². The molecule has 20 heavy (non-hydrogen) atoms. The van der Waals surface area contributed by atoms with Gasteiger partial charge < -0.3 is 0 Å². The van der Waals surface area contributed by atoms with Crippen LogP contribution < -0.4 is 0 Å². The maximum Gasteiger partial charge on any atom is 0.132 e. The fraction of sp³-hybridized carbons (Fsp3) is 0.133. The van der Waals surface area contributed by atoms with Crippen molar-refractivity contribution in [2.24, 2.45) is 0 Å². The molecule has 1 atom stereocenters. The molecule has 102 valence electrons. The zero-order valence-electron chi connectivity index (χ0n) is 10.6. The number of para-hydroxylation sites is 2.